The highest BCUT2D eigenvalue weighted by molar-refractivity contribution is 5.88. The first-order valence-corrected chi connectivity index (χ1v) is 13.7. The predicted molar refractivity (Wildman–Crippen MR) is 151 cm³/mol. The molecular formula is C32H36N2O6. The Bertz CT molecular complexity index is 1230. The number of carbonyl (C=O) groups excluding carboxylic acids is 2. The van der Waals surface area contributed by atoms with Crippen LogP contribution in [-0.2, 0) is 34.0 Å². The molecule has 0 aromatic heterocycles. The lowest BCUT2D eigenvalue weighted by Crippen LogP contribution is -2.54. The third kappa shape index (κ3) is 8.86. The molecule has 1 fully saturated rings. The van der Waals surface area contributed by atoms with Crippen LogP contribution in [0.3, 0.4) is 0 Å². The minimum absolute atomic E-state index is 0.0580. The fourth-order valence-corrected chi connectivity index (χ4v) is 4.93. The quantitative estimate of drug-likeness (QED) is 0.319. The molecule has 1 aliphatic carbocycles. The molecule has 3 aromatic carbocycles. The third-order valence-electron chi connectivity index (χ3n) is 7.02. The molecule has 1 saturated carbocycles. The molecule has 8 heteroatoms. The highest BCUT2D eigenvalue weighted by atomic mass is 16.5. The van der Waals surface area contributed by atoms with Crippen LogP contribution in [0.1, 0.15) is 48.8 Å². The summed E-state index contributed by atoms with van der Waals surface area (Å²) in [5.41, 5.74) is 2.67. The molecular weight excluding hydrogens is 508 g/mol. The van der Waals surface area contributed by atoms with E-state index in [0.29, 0.717) is 12.4 Å². The molecule has 40 heavy (non-hydrogen) atoms. The minimum atomic E-state index is -1.08. The van der Waals surface area contributed by atoms with Crippen molar-refractivity contribution in [2.24, 2.45) is 0 Å². The maximum atomic E-state index is 13.8. The smallest absolute Gasteiger partial charge is 0.408 e. The summed E-state index contributed by atoms with van der Waals surface area (Å²) in [7, 11) is 0. The summed E-state index contributed by atoms with van der Waals surface area (Å²) in [6.45, 7) is 0.0805. The number of rotatable bonds is 12. The first-order chi connectivity index (χ1) is 19.5. The fourth-order valence-electron chi connectivity index (χ4n) is 4.93. The summed E-state index contributed by atoms with van der Waals surface area (Å²) in [4.78, 5) is 39.7. The lowest BCUT2D eigenvalue weighted by atomic mass is 9.93. The highest BCUT2D eigenvalue weighted by Gasteiger charge is 2.33. The average molecular weight is 545 g/mol. The van der Waals surface area contributed by atoms with Crippen LogP contribution in [0.25, 0.3) is 0 Å². The summed E-state index contributed by atoms with van der Waals surface area (Å²) in [6, 6.07) is 25.3. The van der Waals surface area contributed by atoms with Gasteiger partial charge in [-0.15, -0.1) is 0 Å². The van der Waals surface area contributed by atoms with E-state index >= 15 is 0 Å². The van der Waals surface area contributed by atoms with Crippen molar-refractivity contribution in [3.63, 3.8) is 0 Å². The van der Waals surface area contributed by atoms with E-state index in [4.69, 9.17) is 9.47 Å². The first-order valence-electron chi connectivity index (χ1n) is 13.7. The Morgan fingerprint density at radius 3 is 2.00 bits per heavy atom. The number of ether oxygens (including phenoxy) is 2. The highest BCUT2D eigenvalue weighted by Crippen LogP contribution is 2.24. The van der Waals surface area contributed by atoms with Gasteiger partial charge in [0.2, 0.25) is 5.91 Å². The molecule has 0 unspecified atom stereocenters. The molecule has 0 radical (unpaired) electrons. The van der Waals surface area contributed by atoms with E-state index in [-0.39, 0.29) is 19.1 Å². The van der Waals surface area contributed by atoms with E-state index in [1.807, 2.05) is 84.9 Å². The topological polar surface area (TPSA) is 105 Å². The van der Waals surface area contributed by atoms with Crippen molar-refractivity contribution < 1.29 is 29.0 Å². The minimum Gasteiger partial charge on any atom is -0.489 e. The van der Waals surface area contributed by atoms with Gasteiger partial charge in [-0.1, -0.05) is 92.1 Å². The molecule has 0 bridgehead atoms. The Morgan fingerprint density at radius 1 is 0.800 bits per heavy atom. The van der Waals surface area contributed by atoms with Crippen LogP contribution in [0.2, 0.25) is 0 Å². The second-order valence-electron chi connectivity index (χ2n) is 10.0. The van der Waals surface area contributed by atoms with Crippen molar-refractivity contribution in [2.45, 2.75) is 63.8 Å². The van der Waals surface area contributed by atoms with Crippen LogP contribution in [0.15, 0.2) is 84.9 Å². The Morgan fingerprint density at radius 2 is 1.40 bits per heavy atom. The Kier molecular flexibility index (Phi) is 10.6. The standard InChI is InChI=1S/C32H36N2O6/c35-30(36)21-34(27-14-8-3-9-15-27)31(37)29(33-32(38)40-23-26-12-6-2-7-13-26)20-24-16-18-28(19-17-24)39-22-25-10-4-1-5-11-25/h1-2,4-7,10-13,16-19,27,29H,3,8-9,14-15,20-23H2,(H,33,38)(H,35,36)/t29-/m0/s1. The maximum Gasteiger partial charge on any atom is 0.408 e. The van der Waals surface area contributed by atoms with E-state index in [1.54, 1.807) is 0 Å². The summed E-state index contributed by atoms with van der Waals surface area (Å²) < 4.78 is 11.3. The number of hydrogen-bond acceptors (Lipinski definition) is 5. The third-order valence-corrected chi connectivity index (χ3v) is 7.02. The average Bonchev–Trinajstić information content (AvgIpc) is 2.99. The van der Waals surface area contributed by atoms with Gasteiger partial charge in [0.1, 0.15) is 31.5 Å². The van der Waals surface area contributed by atoms with Gasteiger partial charge in [-0.05, 0) is 41.7 Å². The molecule has 8 nitrogen and oxygen atoms in total. The van der Waals surface area contributed by atoms with Crippen molar-refractivity contribution in [2.75, 3.05) is 6.54 Å². The molecule has 0 saturated heterocycles. The SMILES string of the molecule is O=C(O)CN(C(=O)[C@H](Cc1ccc(OCc2ccccc2)cc1)NC(=O)OCc1ccccc1)C1CCCCC1. The maximum absolute atomic E-state index is 13.8. The van der Waals surface area contributed by atoms with Crippen molar-refractivity contribution in [3.8, 4) is 5.75 Å². The van der Waals surface area contributed by atoms with Gasteiger partial charge in [-0.3, -0.25) is 9.59 Å². The second kappa shape index (κ2) is 14.7. The van der Waals surface area contributed by atoms with E-state index in [9.17, 15) is 19.5 Å². The lowest BCUT2D eigenvalue weighted by Gasteiger charge is -2.35. The predicted octanol–water partition coefficient (Wildman–Crippen LogP) is 5.35. The summed E-state index contributed by atoms with van der Waals surface area (Å²) in [5, 5.41) is 12.3. The lowest BCUT2D eigenvalue weighted by molar-refractivity contribution is -0.147. The number of hydrogen-bond donors (Lipinski definition) is 2. The van der Waals surface area contributed by atoms with Crippen molar-refractivity contribution in [1.29, 1.82) is 0 Å². The van der Waals surface area contributed by atoms with Gasteiger partial charge in [0.15, 0.2) is 0 Å². The Labute approximate surface area is 234 Å². The zero-order valence-corrected chi connectivity index (χ0v) is 22.5. The van der Waals surface area contributed by atoms with Gasteiger partial charge in [-0.2, -0.15) is 0 Å². The zero-order valence-electron chi connectivity index (χ0n) is 22.5. The van der Waals surface area contributed by atoms with Gasteiger partial charge >= 0.3 is 12.1 Å². The number of carboxylic acid groups (broad SMARTS) is 1. The molecule has 3 aromatic rings. The Hall–Kier alpha value is -4.33. The van der Waals surface area contributed by atoms with Gasteiger partial charge in [0.25, 0.3) is 0 Å². The summed E-state index contributed by atoms with van der Waals surface area (Å²) in [5.74, 6) is -0.819. The largest absolute Gasteiger partial charge is 0.489 e. The van der Waals surface area contributed by atoms with Crippen molar-refractivity contribution in [1.82, 2.24) is 10.2 Å². The van der Waals surface area contributed by atoms with E-state index in [2.05, 4.69) is 5.32 Å². The number of nitrogens with zero attached hydrogens (tertiary/aromatic N) is 1. The molecule has 2 N–H and O–H groups in total. The summed E-state index contributed by atoms with van der Waals surface area (Å²) >= 11 is 0. The van der Waals surface area contributed by atoms with E-state index in [0.717, 1.165) is 48.8 Å². The van der Waals surface area contributed by atoms with E-state index < -0.39 is 30.6 Å². The van der Waals surface area contributed by atoms with Crippen molar-refractivity contribution in [3.05, 3.63) is 102 Å². The fraction of sp³-hybridized carbons (Fsp3) is 0.344. The molecule has 0 spiro atoms. The van der Waals surface area contributed by atoms with Crippen LogP contribution >= 0.6 is 0 Å². The molecule has 0 heterocycles. The molecule has 210 valence electrons. The van der Waals surface area contributed by atoms with E-state index in [1.165, 1.54) is 4.90 Å². The van der Waals surface area contributed by atoms with Crippen LogP contribution in [0.4, 0.5) is 4.79 Å². The monoisotopic (exact) mass is 544 g/mol. The number of alkyl carbamates (subject to hydrolysis) is 1. The number of carbonyl (C=O) groups is 3. The first kappa shape index (κ1) is 28.7. The number of nitrogens with one attached hydrogen (secondary N) is 1. The molecule has 0 aliphatic heterocycles. The van der Waals surface area contributed by atoms with Gasteiger partial charge in [0, 0.05) is 12.5 Å². The zero-order chi connectivity index (χ0) is 28.2. The molecule has 4 rings (SSSR count). The number of aliphatic carboxylic acids is 1. The van der Waals surface area contributed by atoms with Crippen LogP contribution in [0, 0.1) is 0 Å². The summed E-state index contributed by atoms with van der Waals surface area (Å²) in [6.07, 6.45) is 3.89. The molecule has 1 atom stereocenters. The van der Waals surface area contributed by atoms with Crippen LogP contribution in [0.5, 0.6) is 5.75 Å². The van der Waals surface area contributed by atoms with Gasteiger partial charge < -0.3 is 24.8 Å². The normalized spacial score (nSPS) is 14.1. The van der Waals surface area contributed by atoms with Crippen LogP contribution in [-0.4, -0.2) is 46.6 Å². The number of carboxylic acids is 1. The molecule has 2 amide bonds. The van der Waals surface area contributed by atoms with Gasteiger partial charge in [0.05, 0.1) is 0 Å². The van der Waals surface area contributed by atoms with Crippen LogP contribution < -0.4 is 10.1 Å². The number of benzene rings is 3. The van der Waals surface area contributed by atoms with Gasteiger partial charge in [-0.25, -0.2) is 4.79 Å². The number of amides is 2. The molecule has 1 aliphatic rings. The Balaban J connectivity index is 1.46. The van der Waals surface area contributed by atoms with Crippen molar-refractivity contribution >= 4 is 18.0 Å². The second-order valence-corrected chi connectivity index (χ2v) is 10.0.